The van der Waals surface area contributed by atoms with E-state index in [1.807, 2.05) is 0 Å². The van der Waals surface area contributed by atoms with Crippen molar-refractivity contribution >= 4 is 24.0 Å². The lowest BCUT2D eigenvalue weighted by Crippen LogP contribution is -2.51. The van der Waals surface area contributed by atoms with Crippen LogP contribution in [0.4, 0.5) is 5.82 Å². The number of hydroxylamine groups is 2. The number of nitrogens with one attached hydrogen (secondary N) is 2. The molecule has 2 heterocycles. The molecule has 1 saturated carbocycles. The molecule has 0 unspecified atom stereocenters. The Morgan fingerprint density at radius 3 is 2.90 bits per heavy atom. The molecule has 3 rings (SSSR count). The highest BCUT2D eigenvalue weighted by molar-refractivity contribution is 5.97. The van der Waals surface area contributed by atoms with Crippen molar-refractivity contribution in [2.45, 2.75) is 44.6 Å². The highest BCUT2D eigenvalue weighted by Crippen LogP contribution is 2.31. The van der Waals surface area contributed by atoms with Gasteiger partial charge in [-0.3, -0.25) is 24.6 Å². The smallest absolute Gasteiger partial charge is 0.318 e. The second-order valence-corrected chi connectivity index (χ2v) is 7.65. The minimum absolute atomic E-state index is 0.103. The van der Waals surface area contributed by atoms with Gasteiger partial charge in [0.2, 0.25) is 18.2 Å². The molecule has 0 aromatic carbocycles. The van der Waals surface area contributed by atoms with E-state index in [4.69, 9.17) is 4.74 Å². The van der Waals surface area contributed by atoms with Gasteiger partial charge in [-0.15, -0.1) is 0 Å². The SMILES string of the molecule is COc1nccc(NC(=O)[C@@H]2CCNN2C(=O)[C@H](CC2CCCC2)CN(O)C=O)n1. The highest BCUT2D eigenvalue weighted by atomic mass is 16.5. The Labute approximate surface area is 174 Å². The summed E-state index contributed by atoms with van der Waals surface area (Å²) in [6.45, 7) is 0.359. The Morgan fingerprint density at radius 2 is 2.20 bits per heavy atom. The number of amides is 3. The average molecular weight is 420 g/mol. The van der Waals surface area contributed by atoms with Gasteiger partial charge in [0.1, 0.15) is 11.9 Å². The first-order chi connectivity index (χ1) is 14.5. The fraction of sp³-hybridized carbons (Fsp3) is 0.632. The second-order valence-electron chi connectivity index (χ2n) is 7.65. The summed E-state index contributed by atoms with van der Waals surface area (Å²) in [6.07, 6.45) is 7.07. The van der Waals surface area contributed by atoms with Crippen LogP contribution < -0.4 is 15.5 Å². The van der Waals surface area contributed by atoms with Crippen LogP contribution in [0.25, 0.3) is 0 Å². The van der Waals surface area contributed by atoms with Crippen LogP contribution in [0.15, 0.2) is 12.3 Å². The maximum atomic E-state index is 13.2. The van der Waals surface area contributed by atoms with Crippen molar-refractivity contribution in [2.75, 3.05) is 25.5 Å². The molecule has 2 aliphatic rings. The summed E-state index contributed by atoms with van der Waals surface area (Å²) in [5.41, 5.74) is 2.97. The van der Waals surface area contributed by atoms with Gasteiger partial charge in [-0.2, -0.15) is 4.98 Å². The van der Waals surface area contributed by atoms with Gasteiger partial charge < -0.3 is 10.1 Å². The van der Waals surface area contributed by atoms with E-state index < -0.39 is 12.0 Å². The number of carbonyl (C=O) groups is 3. The van der Waals surface area contributed by atoms with E-state index in [0.717, 1.165) is 25.7 Å². The van der Waals surface area contributed by atoms with Crippen LogP contribution in [0.2, 0.25) is 0 Å². The van der Waals surface area contributed by atoms with E-state index in [0.29, 0.717) is 36.8 Å². The van der Waals surface area contributed by atoms with Crippen LogP contribution in [0.3, 0.4) is 0 Å². The maximum absolute atomic E-state index is 13.2. The number of nitrogens with zero attached hydrogens (tertiary/aromatic N) is 4. The molecule has 0 spiro atoms. The molecule has 2 fully saturated rings. The van der Waals surface area contributed by atoms with E-state index in [2.05, 4.69) is 20.7 Å². The number of rotatable bonds is 9. The predicted octanol–water partition coefficient (Wildman–Crippen LogP) is 0.573. The fourth-order valence-electron chi connectivity index (χ4n) is 4.13. The molecule has 164 valence electrons. The maximum Gasteiger partial charge on any atom is 0.318 e. The first-order valence-electron chi connectivity index (χ1n) is 10.2. The predicted molar refractivity (Wildman–Crippen MR) is 105 cm³/mol. The van der Waals surface area contributed by atoms with Crippen molar-refractivity contribution in [3.63, 3.8) is 0 Å². The zero-order chi connectivity index (χ0) is 21.5. The molecular weight excluding hydrogens is 392 g/mol. The summed E-state index contributed by atoms with van der Waals surface area (Å²) >= 11 is 0. The Bertz CT molecular complexity index is 757. The molecule has 1 saturated heterocycles. The number of methoxy groups -OCH3 is 1. The lowest BCUT2D eigenvalue weighted by Gasteiger charge is -2.29. The zero-order valence-electron chi connectivity index (χ0n) is 17.0. The van der Waals surface area contributed by atoms with Gasteiger partial charge in [0.25, 0.3) is 0 Å². The molecule has 0 radical (unpaired) electrons. The van der Waals surface area contributed by atoms with Gasteiger partial charge in [0, 0.05) is 12.7 Å². The first-order valence-corrected chi connectivity index (χ1v) is 10.2. The number of anilines is 1. The normalized spacial score (nSPS) is 20.1. The standard InChI is InChI=1S/C19H28N6O5/c1-30-19-20-8-7-16(23-19)22-17(27)15-6-9-21-25(15)18(28)14(11-24(29)12-26)10-13-4-2-3-5-13/h7-8,12-15,21,29H,2-6,9-11H2,1H3,(H,20,22,23,27)/t14-,15+/m1/s1. The number of aromatic nitrogens is 2. The summed E-state index contributed by atoms with van der Waals surface area (Å²) in [5.74, 6) is -0.632. The van der Waals surface area contributed by atoms with Crippen molar-refractivity contribution in [2.24, 2.45) is 11.8 Å². The molecule has 2 atom stereocenters. The Kier molecular flexibility index (Phi) is 7.52. The third-order valence-electron chi connectivity index (χ3n) is 5.59. The van der Waals surface area contributed by atoms with E-state index in [1.165, 1.54) is 24.4 Å². The van der Waals surface area contributed by atoms with Crippen LogP contribution in [0.1, 0.15) is 38.5 Å². The van der Waals surface area contributed by atoms with Crippen molar-refractivity contribution in [3.05, 3.63) is 12.3 Å². The van der Waals surface area contributed by atoms with Crippen LogP contribution in [-0.4, -0.2) is 69.7 Å². The van der Waals surface area contributed by atoms with Crippen molar-refractivity contribution in [1.82, 2.24) is 25.5 Å². The summed E-state index contributed by atoms with van der Waals surface area (Å²) < 4.78 is 4.96. The van der Waals surface area contributed by atoms with E-state index in [9.17, 15) is 19.6 Å². The monoisotopic (exact) mass is 420 g/mol. The zero-order valence-corrected chi connectivity index (χ0v) is 17.0. The lowest BCUT2D eigenvalue weighted by molar-refractivity contribution is -0.159. The molecule has 11 heteroatoms. The molecule has 1 aliphatic heterocycles. The Hall–Kier alpha value is -2.79. The number of hydrogen-bond donors (Lipinski definition) is 3. The van der Waals surface area contributed by atoms with Gasteiger partial charge >= 0.3 is 6.01 Å². The number of ether oxygens (including phenoxy) is 1. The third kappa shape index (κ3) is 5.42. The molecule has 3 N–H and O–H groups in total. The molecule has 1 aromatic heterocycles. The fourth-order valence-corrected chi connectivity index (χ4v) is 4.13. The molecular formula is C19H28N6O5. The van der Waals surface area contributed by atoms with Crippen LogP contribution in [0, 0.1) is 11.8 Å². The molecule has 3 amide bonds. The molecule has 1 aliphatic carbocycles. The molecule has 1 aromatic rings. The van der Waals surface area contributed by atoms with Gasteiger partial charge in [0.15, 0.2) is 0 Å². The van der Waals surface area contributed by atoms with Crippen LogP contribution in [-0.2, 0) is 14.4 Å². The van der Waals surface area contributed by atoms with Gasteiger partial charge in [-0.25, -0.2) is 15.5 Å². The van der Waals surface area contributed by atoms with E-state index in [1.54, 1.807) is 0 Å². The Balaban J connectivity index is 1.69. The first kappa shape index (κ1) is 21.9. The van der Waals surface area contributed by atoms with Crippen molar-refractivity contribution < 1.29 is 24.3 Å². The summed E-state index contributed by atoms with van der Waals surface area (Å²) in [5, 5.41) is 14.2. The minimum Gasteiger partial charge on any atom is -0.467 e. The summed E-state index contributed by atoms with van der Waals surface area (Å²) in [6, 6.07) is 0.928. The van der Waals surface area contributed by atoms with Crippen molar-refractivity contribution in [1.29, 1.82) is 0 Å². The van der Waals surface area contributed by atoms with E-state index in [-0.39, 0.29) is 30.2 Å². The molecule has 0 bridgehead atoms. The summed E-state index contributed by atoms with van der Waals surface area (Å²) in [4.78, 5) is 44.9. The largest absolute Gasteiger partial charge is 0.467 e. The topological polar surface area (TPSA) is 137 Å². The van der Waals surface area contributed by atoms with Gasteiger partial charge in [-0.1, -0.05) is 25.7 Å². The second kappa shape index (κ2) is 10.3. The number of carbonyl (C=O) groups excluding carboxylic acids is 3. The summed E-state index contributed by atoms with van der Waals surface area (Å²) in [7, 11) is 1.43. The average Bonchev–Trinajstić information content (AvgIpc) is 3.44. The van der Waals surface area contributed by atoms with Gasteiger partial charge in [0.05, 0.1) is 19.6 Å². The van der Waals surface area contributed by atoms with Crippen molar-refractivity contribution in [3.8, 4) is 6.01 Å². The van der Waals surface area contributed by atoms with E-state index >= 15 is 0 Å². The number of hydrogen-bond acceptors (Lipinski definition) is 8. The highest BCUT2D eigenvalue weighted by Gasteiger charge is 2.39. The molecule has 30 heavy (non-hydrogen) atoms. The number of hydrazine groups is 1. The third-order valence-corrected chi connectivity index (χ3v) is 5.59. The van der Waals surface area contributed by atoms with Crippen LogP contribution in [0.5, 0.6) is 6.01 Å². The minimum atomic E-state index is -0.729. The van der Waals surface area contributed by atoms with Gasteiger partial charge in [-0.05, 0) is 24.8 Å². The Morgan fingerprint density at radius 1 is 1.43 bits per heavy atom. The quantitative estimate of drug-likeness (QED) is 0.300. The lowest BCUT2D eigenvalue weighted by atomic mass is 9.92. The van der Waals surface area contributed by atoms with Crippen LogP contribution >= 0.6 is 0 Å². The molecule has 11 nitrogen and oxygen atoms in total.